The first-order valence-electron chi connectivity index (χ1n) is 11.7. The van der Waals surface area contributed by atoms with Crippen LogP contribution in [0.5, 0.6) is 11.5 Å². The highest BCUT2D eigenvalue weighted by atomic mass is 32.1. The van der Waals surface area contributed by atoms with Crippen molar-refractivity contribution in [2.75, 3.05) is 19.1 Å². The predicted molar refractivity (Wildman–Crippen MR) is 145 cm³/mol. The number of hydrogen-bond donors (Lipinski definition) is 1. The van der Waals surface area contributed by atoms with Crippen LogP contribution in [0, 0.1) is 20.8 Å². The summed E-state index contributed by atoms with van der Waals surface area (Å²) in [5.74, 6) is -0.853. The molecule has 1 saturated heterocycles. The zero-order valence-electron chi connectivity index (χ0n) is 21.2. The molecule has 0 aliphatic carbocycles. The average molecular weight is 515 g/mol. The maximum Gasteiger partial charge on any atom is 0.301 e. The quantitative estimate of drug-likeness (QED) is 0.204. The number of aryl methyl sites for hydroxylation is 3. The van der Waals surface area contributed by atoms with Crippen molar-refractivity contribution >= 4 is 44.1 Å². The highest BCUT2D eigenvalue weighted by Gasteiger charge is 2.49. The van der Waals surface area contributed by atoms with Gasteiger partial charge in [-0.05, 0) is 56.2 Å². The highest BCUT2D eigenvalue weighted by Crippen LogP contribution is 2.47. The first-order chi connectivity index (χ1) is 17.7. The van der Waals surface area contributed by atoms with Gasteiger partial charge in [-0.2, -0.15) is 0 Å². The molecule has 188 valence electrons. The van der Waals surface area contributed by atoms with Crippen LogP contribution in [-0.4, -0.2) is 36.0 Å². The first-order valence-corrected chi connectivity index (χ1v) is 12.5. The largest absolute Gasteiger partial charge is 0.507 e. The van der Waals surface area contributed by atoms with Gasteiger partial charge in [0, 0.05) is 11.1 Å². The number of carbonyl (C=O) groups excluding carboxylic acids is 2. The van der Waals surface area contributed by atoms with E-state index in [0.717, 1.165) is 26.9 Å². The molecular formula is C29H26N2O5S. The number of ether oxygens (including phenoxy) is 2. The Morgan fingerprint density at radius 1 is 0.946 bits per heavy atom. The molecule has 0 unspecified atom stereocenters. The van der Waals surface area contributed by atoms with Gasteiger partial charge in [-0.15, -0.1) is 0 Å². The molecule has 1 fully saturated rings. The molecule has 1 aliphatic rings. The molecule has 1 atom stereocenters. The van der Waals surface area contributed by atoms with Crippen molar-refractivity contribution in [1.29, 1.82) is 0 Å². The number of ketones is 1. The fraction of sp³-hybridized carbons (Fsp3) is 0.207. The van der Waals surface area contributed by atoms with E-state index in [-0.39, 0.29) is 11.3 Å². The first kappa shape index (κ1) is 24.5. The summed E-state index contributed by atoms with van der Waals surface area (Å²) in [4.78, 5) is 33.3. The Morgan fingerprint density at radius 2 is 1.68 bits per heavy atom. The number of carbonyl (C=O) groups is 2. The number of rotatable bonds is 5. The number of thiazole rings is 1. The van der Waals surface area contributed by atoms with Gasteiger partial charge in [-0.1, -0.05) is 47.2 Å². The van der Waals surface area contributed by atoms with Gasteiger partial charge in [0.2, 0.25) is 0 Å². The van der Waals surface area contributed by atoms with Gasteiger partial charge >= 0.3 is 5.91 Å². The molecule has 37 heavy (non-hydrogen) atoms. The molecular weight excluding hydrogens is 488 g/mol. The van der Waals surface area contributed by atoms with Crippen molar-refractivity contribution in [1.82, 2.24) is 4.98 Å². The summed E-state index contributed by atoms with van der Waals surface area (Å²) in [6, 6.07) is 15.3. The van der Waals surface area contributed by atoms with Crippen molar-refractivity contribution in [2.45, 2.75) is 26.8 Å². The second kappa shape index (κ2) is 9.37. The fourth-order valence-electron chi connectivity index (χ4n) is 4.71. The summed E-state index contributed by atoms with van der Waals surface area (Å²) < 4.78 is 12.0. The fourth-order valence-corrected chi connectivity index (χ4v) is 5.87. The number of anilines is 1. The molecule has 1 aromatic heterocycles. The lowest BCUT2D eigenvalue weighted by Gasteiger charge is -2.25. The summed E-state index contributed by atoms with van der Waals surface area (Å²) in [5, 5.41) is 11.8. The number of amides is 1. The number of fused-ring (bicyclic) bond motifs is 1. The Labute approximate surface area is 218 Å². The van der Waals surface area contributed by atoms with Crippen LogP contribution in [-0.2, 0) is 9.59 Å². The lowest BCUT2D eigenvalue weighted by atomic mass is 9.94. The van der Waals surface area contributed by atoms with E-state index in [0.29, 0.717) is 27.8 Å². The third-order valence-corrected chi connectivity index (χ3v) is 7.53. The average Bonchev–Trinajstić information content (AvgIpc) is 3.42. The van der Waals surface area contributed by atoms with E-state index in [9.17, 15) is 14.7 Å². The van der Waals surface area contributed by atoms with Crippen LogP contribution in [0.1, 0.15) is 33.9 Å². The Morgan fingerprint density at radius 3 is 2.35 bits per heavy atom. The van der Waals surface area contributed by atoms with Crippen LogP contribution in [0.3, 0.4) is 0 Å². The Bertz CT molecular complexity index is 1590. The SMILES string of the molecule is COc1ccc(OC)c([C@H]2C(=C(O)c3ccc(C)cc3)C(=O)C(=O)N2c2nc3c(C)cc(C)cc3s2)c1. The Kier molecular flexibility index (Phi) is 6.21. The summed E-state index contributed by atoms with van der Waals surface area (Å²) >= 11 is 1.33. The summed E-state index contributed by atoms with van der Waals surface area (Å²) in [6.07, 6.45) is 0. The lowest BCUT2D eigenvalue weighted by Crippen LogP contribution is -2.29. The van der Waals surface area contributed by atoms with Gasteiger partial charge in [0.15, 0.2) is 5.13 Å². The van der Waals surface area contributed by atoms with Crippen molar-refractivity contribution in [3.8, 4) is 11.5 Å². The minimum Gasteiger partial charge on any atom is -0.507 e. The number of aliphatic hydroxyl groups excluding tert-OH is 1. The monoisotopic (exact) mass is 514 g/mol. The van der Waals surface area contributed by atoms with Crippen LogP contribution in [0.15, 0.2) is 60.2 Å². The molecule has 0 spiro atoms. The van der Waals surface area contributed by atoms with E-state index in [1.807, 2.05) is 45.0 Å². The summed E-state index contributed by atoms with van der Waals surface area (Å²) in [5.41, 5.74) is 4.73. The lowest BCUT2D eigenvalue weighted by molar-refractivity contribution is -0.132. The van der Waals surface area contributed by atoms with Crippen LogP contribution >= 0.6 is 11.3 Å². The molecule has 0 bridgehead atoms. The molecule has 0 radical (unpaired) electrons. The van der Waals surface area contributed by atoms with E-state index >= 15 is 0 Å². The van der Waals surface area contributed by atoms with Crippen LogP contribution < -0.4 is 14.4 Å². The smallest absolute Gasteiger partial charge is 0.301 e. The van der Waals surface area contributed by atoms with Crippen LogP contribution in [0.2, 0.25) is 0 Å². The van der Waals surface area contributed by atoms with Crippen molar-refractivity contribution in [3.05, 3.63) is 88.0 Å². The molecule has 1 aliphatic heterocycles. The second-order valence-corrected chi connectivity index (χ2v) is 10.1. The van der Waals surface area contributed by atoms with Gasteiger partial charge in [-0.3, -0.25) is 14.5 Å². The maximum absolute atomic E-state index is 13.6. The molecule has 8 heteroatoms. The normalized spacial score (nSPS) is 17.0. The van der Waals surface area contributed by atoms with E-state index in [2.05, 4.69) is 0 Å². The predicted octanol–water partition coefficient (Wildman–Crippen LogP) is 5.87. The summed E-state index contributed by atoms with van der Waals surface area (Å²) in [7, 11) is 3.05. The molecule has 2 heterocycles. The number of methoxy groups -OCH3 is 2. The minimum atomic E-state index is -0.978. The van der Waals surface area contributed by atoms with E-state index in [1.54, 1.807) is 30.3 Å². The van der Waals surface area contributed by atoms with Crippen molar-refractivity contribution in [2.24, 2.45) is 0 Å². The topological polar surface area (TPSA) is 89.0 Å². The Hall–Kier alpha value is -4.17. The van der Waals surface area contributed by atoms with Gasteiger partial charge in [0.25, 0.3) is 5.78 Å². The van der Waals surface area contributed by atoms with Crippen molar-refractivity contribution < 1.29 is 24.2 Å². The van der Waals surface area contributed by atoms with Gasteiger partial charge in [0.1, 0.15) is 23.3 Å². The third kappa shape index (κ3) is 4.13. The van der Waals surface area contributed by atoms with Crippen LogP contribution in [0.4, 0.5) is 5.13 Å². The molecule has 1 N–H and O–H groups in total. The zero-order chi connectivity index (χ0) is 26.4. The molecule has 7 nitrogen and oxygen atoms in total. The minimum absolute atomic E-state index is 0.0347. The standard InChI is InChI=1S/C29H26N2O5S/c1-15-6-8-18(9-7-15)26(32)23-25(20-14-19(35-4)10-11-21(20)36-5)31(28(34)27(23)33)29-30-24-17(3)12-16(2)13-22(24)37-29/h6-14,25,32H,1-5H3/t25-/m0/s1. The maximum atomic E-state index is 13.6. The van der Waals surface area contributed by atoms with Crippen molar-refractivity contribution in [3.63, 3.8) is 0 Å². The zero-order valence-corrected chi connectivity index (χ0v) is 22.0. The van der Waals surface area contributed by atoms with Crippen LogP contribution in [0.25, 0.3) is 16.0 Å². The number of Topliss-reactive ketones (excluding diaryl/α,β-unsaturated/α-hetero) is 1. The number of aliphatic hydroxyl groups is 1. The number of nitrogens with zero attached hydrogens (tertiary/aromatic N) is 2. The van der Waals surface area contributed by atoms with E-state index < -0.39 is 17.7 Å². The molecule has 4 aromatic rings. The molecule has 3 aromatic carbocycles. The van der Waals surface area contributed by atoms with E-state index in [4.69, 9.17) is 14.5 Å². The van der Waals surface area contributed by atoms with Gasteiger partial charge < -0.3 is 14.6 Å². The highest BCUT2D eigenvalue weighted by molar-refractivity contribution is 7.22. The Balaban J connectivity index is 1.80. The number of hydrogen-bond acceptors (Lipinski definition) is 7. The number of aromatic nitrogens is 1. The molecule has 1 amide bonds. The molecule has 5 rings (SSSR count). The second-order valence-electron chi connectivity index (χ2n) is 9.07. The third-order valence-electron chi connectivity index (χ3n) is 6.53. The molecule has 0 saturated carbocycles. The summed E-state index contributed by atoms with van der Waals surface area (Å²) in [6.45, 7) is 5.90. The number of benzene rings is 3. The van der Waals surface area contributed by atoms with E-state index in [1.165, 1.54) is 30.5 Å². The van der Waals surface area contributed by atoms with Gasteiger partial charge in [-0.25, -0.2) is 4.98 Å². The van der Waals surface area contributed by atoms with Gasteiger partial charge in [0.05, 0.1) is 30.0 Å².